The van der Waals surface area contributed by atoms with Crippen molar-refractivity contribution in [1.29, 1.82) is 0 Å². The summed E-state index contributed by atoms with van der Waals surface area (Å²) in [5.74, 6) is 0.516. The first kappa shape index (κ1) is 13.8. The van der Waals surface area contributed by atoms with Crippen LogP contribution in [-0.4, -0.2) is 21.3 Å². The van der Waals surface area contributed by atoms with Gasteiger partial charge in [0.05, 0.1) is 11.0 Å². The second-order valence-corrected chi connectivity index (χ2v) is 5.39. The smallest absolute Gasteiger partial charge is 0.301 e. The third-order valence-electron chi connectivity index (χ3n) is 3.90. The van der Waals surface area contributed by atoms with Crippen molar-refractivity contribution in [3.05, 3.63) is 22.2 Å². The Balaban J connectivity index is 1.85. The summed E-state index contributed by atoms with van der Waals surface area (Å²) < 4.78 is 10.7. The number of hydrogen-bond acceptors (Lipinski definition) is 6. The first-order chi connectivity index (χ1) is 10.3. The van der Waals surface area contributed by atoms with Gasteiger partial charge in [-0.2, -0.15) is 0 Å². The highest BCUT2D eigenvalue weighted by Crippen LogP contribution is 2.32. The number of fused-ring (bicyclic) bond motifs is 1. The molecular formula is C14H17N3O4. The van der Waals surface area contributed by atoms with Crippen LogP contribution in [0.3, 0.4) is 0 Å². The number of benzene rings is 1. The van der Waals surface area contributed by atoms with E-state index >= 15 is 0 Å². The monoisotopic (exact) mass is 291 g/mol. The minimum atomic E-state index is -0.494. The minimum absolute atomic E-state index is 0.115. The number of rotatable bonds is 3. The summed E-state index contributed by atoms with van der Waals surface area (Å²) in [6.07, 6.45) is 8.21. The van der Waals surface area contributed by atoms with E-state index in [2.05, 4.69) is 14.9 Å². The molecule has 21 heavy (non-hydrogen) atoms. The van der Waals surface area contributed by atoms with Crippen molar-refractivity contribution in [1.82, 2.24) is 10.3 Å². The highest BCUT2D eigenvalue weighted by atomic mass is 16.6. The fourth-order valence-corrected chi connectivity index (χ4v) is 2.79. The van der Waals surface area contributed by atoms with Gasteiger partial charge in [-0.3, -0.25) is 10.1 Å². The molecule has 7 nitrogen and oxygen atoms in total. The van der Waals surface area contributed by atoms with Gasteiger partial charge >= 0.3 is 5.69 Å². The molecule has 1 aromatic heterocycles. The largest absolute Gasteiger partial charge is 0.488 e. The van der Waals surface area contributed by atoms with Crippen molar-refractivity contribution >= 4 is 16.7 Å². The van der Waals surface area contributed by atoms with E-state index in [-0.39, 0.29) is 17.3 Å². The van der Waals surface area contributed by atoms with E-state index < -0.39 is 4.92 Å². The molecule has 1 aliphatic rings. The van der Waals surface area contributed by atoms with Gasteiger partial charge in [0.15, 0.2) is 11.3 Å². The molecule has 1 saturated carbocycles. The molecule has 0 unspecified atom stereocenters. The Bertz CT molecular complexity index is 632. The van der Waals surface area contributed by atoms with Crippen LogP contribution in [0.2, 0.25) is 0 Å². The van der Waals surface area contributed by atoms with Gasteiger partial charge in [-0.15, -0.1) is 0 Å². The Morgan fingerprint density at radius 1 is 1.10 bits per heavy atom. The predicted octanol–water partition coefficient (Wildman–Crippen LogP) is 3.62. The summed E-state index contributed by atoms with van der Waals surface area (Å²) in [7, 11) is 0. The van der Waals surface area contributed by atoms with Gasteiger partial charge in [0.25, 0.3) is 0 Å². The van der Waals surface area contributed by atoms with Crippen molar-refractivity contribution in [2.45, 2.75) is 51.0 Å². The highest BCUT2D eigenvalue weighted by molar-refractivity contribution is 5.88. The zero-order chi connectivity index (χ0) is 14.7. The third kappa shape index (κ3) is 2.96. The van der Waals surface area contributed by atoms with E-state index in [0.717, 1.165) is 25.7 Å². The first-order valence-corrected chi connectivity index (χ1v) is 7.32. The zero-order valence-electron chi connectivity index (χ0n) is 11.7. The summed E-state index contributed by atoms with van der Waals surface area (Å²) in [6.45, 7) is 0. The lowest BCUT2D eigenvalue weighted by Gasteiger charge is -2.21. The summed E-state index contributed by atoms with van der Waals surface area (Å²) in [5.41, 5.74) is 0.353. The van der Waals surface area contributed by atoms with Gasteiger partial charge < -0.3 is 4.74 Å². The van der Waals surface area contributed by atoms with Gasteiger partial charge in [-0.25, -0.2) is 4.63 Å². The average Bonchev–Trinajstić information content (AvgIpc) is 2.90. The molecule has 1 heterocycles. The Hall–Kier alpha value is -2.18. The molecule has 0 atom stereocenters. The number of nitro benzene ring substituents is 1. The van der Waals surface area contributed by atoms with Crippen molar-refractivity contribution in [3.63, 3.8) is 0 Å². The molecule has 1 aromatic carbocycles. The Morgan fingerprint density at radius 2 is 1.76 bits per heavy atom. The van der Waals surface area contributed by atoms with E-state index in [1.165, 1.54) is 25.3 Å². The van der Waals surface area contributed by atoms with Gasteiger partial charge in [0.2, 0.25) is 5.52 Å². The Kier molecular flexibility index (Phi) is 3.98. The summed E-state index contributed by atoms with van der Waals surface area (Å²) >= 11 is 0. The van der Waals surface area contributed by atoms with Crippen molar-refractivity contribution in [2.24, 2.45) is 0 Å². The number of nitrogens with zero attached hydrogens (tertiary/aromatic N) is 3. The maximum absolute atomic E-state index is 11.0. The fourth-order valence-electron chi connectivity index (χ4n) is 2.79. The van der Waals surface area contributed by atoms with Crippen LogP contribution in [0, 0.1) is 10.1 Å². The molecule has 2 aromatic rings. The highest BCUT2D eigenvalue weighted by Gasteiger charge is 2.22. The van der Waals surface area contributed by atoms with Crippen LogP contribution in [0.5, 0.6) is 5.75 Å². The lowest BCUT2D eigenvalue weighted by atomic mass is 9.98. The molecule has 0 radical (unpaired) electrons. The normalized spacial score (nSPS) is 17.3. The predicted molar refractivity (Wildman–Crippen MR) is 75.2 cm³/mol. The summed E-state index contributed by atoms with van der Waals surface area (Å²) in [4.78, 5) is 10.5. The van der Waals surface area contributed by atoms with Crippen LogP contribution in [0.1, 0.15) is 44.9 Å². The van der Waals surface area contributed by atoms with E-state index in [1.54, 1.807) is 6.07 Å². The fraction of sp³-hybridized carbons (Fsp3) is 0.571. The summed E-state index contributed by atoms with van der Waals surface area (Å²) in [6, 6.07) is 2.98. The topological polar surface area (TPSA) is 91.3 Å². The number of non-ortho nitro benzene ring substituents is 1. The van der Waals surface area contributed by atoms with Crippen molar-refractivity contribution < 1.29 is 14.3 Å². The first-order valence-electron chi connectivity index (χ1n) is 7.32. The average molecular weight is 291 g/mol. The van der Waals surface area contributed by atoms with E-state index in [0.29, 0.717) is 11.3 Å². The Labute approximate surface area is 121 Å². The minimum Gasteiger partial charge on any atom is -0.488 e. The van der Waals surface area contributed by atoms with Gasteiger partial charge in [0.1, 0.15) is 0 Å². The van der Waals surface area contributed by atoms with Gasteiger partial charge in [-0.1, -0.05) is 19.3 Å². The molecule has 7 heteroatoms. The third-order valence-corrected chi connectivity index (χ3v) is 3.90. The maximum Gasteiger partial charge on any atom is 0.301 e. The van der Waals surface area contributed by atoms with Crippen molar-refractivity contribution in [3.8, 4) is 5.75 Å². The van der Waals surface area contributed by atoms with Crippen LogP contribution >= 0.6 is 0 Å². The second kappa shape index (κ2) is 6.07. The van der Waals surface area contributed by atoms with Crippen LogP contribution in [-0.2, 0) is 0 Å². The molecule has 1 fully saturated rings. The van der Waals surface area contributed by atoms with E-state index in [9.17, 15) is 10.1 Å². The maximum atomic E-state index is 11.0. The molecule has 0 saturated heterocycles. The Morgan fingerprint density at radius 3 is 2.48 bits per heavy atom. The molecule has 0 bridgehead atoms. The quantitative estimate of drug-likeness (QED) is 0.633. The molecule has 0 N–H and O–H groups in total. The number of nitro groups is 1. The van der Waals surface area contributed by atoms with E-state index in [1.807, 2.05) is 0 Å². The molecule has 0 spiro atoms. The lowest BCUT2D eigenvalue weighted by Crippen LogP contribution is -2.18. The number of ether oxygens (including phenoxy) is 1. The lowest BCUT2D eigenvalue weighted by molar-refractivity contribution is -0.383. The zero-order valence-corrected chi connectivity index (χ0v) is 11.7. The molecule has 0 aliphatic heterocycles. The van der Waals surface area contributed by atoms with Crippen LogP contribution in [0.15, 0.2) is 16.8 Å². The second-order valence-electron chi connectivity index (χ2n) is 5.39. The number of hydrogen-bond donors (Lipinski definition) is 0. The summed E-state index contributed by atoms with van der Waals surface area (Å²) in [5, 5.41) is 18.3. The van der Waals surface area contributed by atoms with Gasteiger partial charge in [0, 0.05) is 6.07 Å². The van der Waals surface area contributed by atoms with Crippen LogP contribution in [0.4, 0.5) is 5.69 Å². The van der Waals surface area contributed by atoms with Crippen LogP contribution < -0.4 is 4.74 Å². The SMILES string of the molecule is O=[N+]([O-])c1ccc(OC2CCCCCCC2)c2nonc12. The molecule has 0 amide bonds. The standard InChI is InChI=1S/C14H17N3O4/c18-17(19)11-8-9-12(14-13(11)15-21-16-14)20-10-6-4-2-1-3-5-7-10/h8-10H,1-7H2. The van der Waals surface area contributed by atoms with Gasteiger partial charge in [-0.05, 0) is 42.1 Å². The van der Waals surface area contributed by atoms with Crippen LogP contribution in [0.25, 0.3) is 11.0 Å². The van der Waals surface area contributed by atoms with E-state index in [4.69, 9.17) is 4.74 Å². The number of aromatic nitrogens is 2. The molecule has 112 valence electrons. The van der Waals surface area contributed by atoms with Crippen molar-refractivity contribution in [2.75, 3.05) is 0 Å². The molecule has 3 rings (SSSR count). The molecule has 1 aliphatic carbocycles. The molecular weight excluding hydrogens is 274 g/mol.